The predicted octanol–water partition coefficient (Wildman–Crippen LogP) is -1.40. The Labute approximate surface area is 56.2 Å². The van der Waals surface area contributed by atoms with Crippen LogP contribution in [0.15, 0.2) is 0 Å². The Morgan fingerprint density at radius 3 is 2.50 bits per heavy atom. The lowest BCUT2D eigenvalue weighted by molar-refractivity contribution is -0.146. The highest BCUT2D eigenvalue weighted by molar-refractivity contribution is 5.77. The van der Waals surface area contributed by atoms with Gasteiger partial charge in [-0.05, 0) is 0 Å². The number of alkyl halides is 1. The van der Waals surface area contributed by atoms with Gasteiger partial charge >= 0.3 is 5.97 Å². The van der Waals surface area contributed by atoms with E-state index in [2.05, 4.69) is 4.74 Å². The summed E-state index contributed by atoms with van der Waals surface area (Å²) in [6, 6.07) is 0. The molecule has 1 heterocycles. The van der Waals surface area contributed by atoms with Crippen LogP contribution in [0.5, 0.6) is 0 Å². The number of cyclic esters (lactones) is 1. The minimum absolute atomic E-state index is 0.548. The molecule has 0 radical (unpaired) electrons. The predicted molar refractivity (Wildman–Crippen MR) is 27.9 cm³/mol. The van der Waals surface area contributed by atoms with Crippen molar-refractivity contribution in [3.05, 3.63) is 0 Å². The van der Waals surface area contributed by atoms with E-state index in [1.807, 2.05) is 0 Å². The van der Waals surface area contributed by atoms with Crippen LogP contribution >= 0.6 is 0 Å². The maximum atomic E-state index is 12.3. The first-order chi connectivity index (χ1) is 4.66. The Kier molecular flexibility index (Phi) is 1.87. The number of ether oxygens (including phenoxy) is 1. The molecule has 0 spiro atoms. The zero-order valence-electron chi connectivity index (χ0n) is 5.03. The van der Waals surface area contributed by atoms with Gasteiger partial charge in [0.15, 0.2) is 6.10 Å². The van der Waals surface area contributed by atoms with Gasteiger partial charge in [-0.25, -0.2) is 9.18 Å². The van der Waals surface area contributed by atoms with Gasteiger partial charge in [0.05, 0.1) is 6.61 Å². The smallest absolute Gasteiger partial charge is 0.344 e. The fourth-order valence-corrected chi connectivity index (χ4v) is 0.757. The number of aliphatic hydroxyl groups is 2. The van der Waals surface area contributed by atoms with E-state index in [9.17, 15) is 9.18 Å². The zero-order valence-corrected chi connectivity index (χ0v) is 5.03. The molecule has 1 aliphatic rings. The summed E-state index contributed by atoms with van der Waals surface area (Å²) in [4.78, 5) is 10.3. The molecule has 0 saturated carbocycles. The summed E-state index contributed by atoms with van der Waals surface area (Å²) in [6.45, 7) is -0.548. The number of rotatable bonds is 1. The minimum Gasteiger partial charge on any atom is -0.455 e. The van der Waals surface area contributed by atoms with E-state index in [0.29, 0.717) is 0 Å². The van der Waals surface area contributed by atoms with Crippen LogP contribution in [-0.2, 0) is 9.53 Å². The number of halogens is 1. The third kappa shape index (κ3) is 0.975. The summed E-state index contributed by atoms with van der Waals surface area (Å²) < 4.78 is 16.5. The second-order valence-corrected chi connectivity index (χ2v) is 2.05. The van der Waals surface area contributed by atoms with Gasteiger partial charge in [0.1, 0.15) is 6.10 Å². The highest BCUT2D eigenvalue weighted by atomic mass is 19.1. The van der Waals surface area contributed by atoms with Gasteiger partial charge in [-0.3, -0.25) is 0 Å². The number of hydrogen-bond acceptors (Lipinski definition) is 4. The summed E-state index contributed by atoms with van der Waals surface area (Å²) in [5.41, 5.74) is 0. The third-order valence-corrected chi connectivity index (χ3v) is 1.35. The Morgan fingerprint density at radius 1 is 1.70 bits per heavy atom. The fourth-order valence-electron chi connectivity index (χ4n) is 0.757. The van der Waals surface area contributed by atoms with Crippen molar-refractivity contribution in [3.8, 4) is 0 Å². The molecular formula is C5H7FO4. The molecule has 0 bridgehead atoms. The SMILES string of the molecule is O=C1O[C@H](CO)[C@@H](O)[C@@H]1F. The first-order valence-electron chi connectivity index (χ1n) is 2.80. The number of carbonyl (C=O) groups is 1. The summed E-state index contributed by atoms with van der Waals surface area (Å²) in [7, 11) is 0. The van der Waals surface area contributed by atoms with Crippen LogP contribution in [0.2, 0.25) is 0 Å². The number of hydrogen-bond donors (Lipinski definition) is 2. The number of aliphatic hydroxyl groups excluding tert-OH is 2. The topological polar surface area (TPSA) is 66.8 Å². The summed E-state index contributed by atoms with van der Waals surface area (Å²) in [5, 5.41) is 17.1. The standard InChI is InChI=1S/C5H7FO4/c6-3-4(8)2(1-7)10-5(3)9/h2-4,7-8H,1H2/t2-,3+,4-/m1/s1. The summed E-state index contributed by atoms with van der Waals surface area (Å²) in [6.07, 6.45) is -4.61. The lowest BCUT2D eigenvalue weighted by Crippen LogP contribution is -2.30. The van der Waals surface area contributed by atoms with Crippen LogP contribution in [-0.4, -0.2) is 41.2 Å². The van der Waals surface area contributed by atoms with Gasteiger partial charge in [-0.1, -0.05) is 0 Å². The van der Waals surface area contributed by atoms with Gasteiger partial charge in [0.25, 0.3) is 0 Å². The monoisotopic (exact) mass is 150 g/mol. The van der Waals surface area contributed by atoms with Crippen molar-refractivity contribution in [2.45, 2.75) is 18.4 Å². The van der Waals surface area contributed by atoms with E-state index in [-0.39, 0.29) is 0 Å². The average molecular weight is 150 g/mol. The van der Waals surface area contributed by atoms with Crippen molar-refractivity contribution in [2.24, 2.45) is 0 Å². The lowest BCUT2D eigenvalue weighted by atomic mass is 10.2. The molecule has 1 aliphatic heterocycles. The lowest BCUT2D eigenvalue weighted by Gasteiger charge is -2.07. The quantitative estimate of drug-likeness (QED) is 0.451. The second kappa shape index (κ2) is 2.51. The molecule has 58 valence electrons. The van der Waals surface area contributed by atoms with Gasteiger partial charge in [0, 0.05) is 0 Å². The Balaban J connectivity index is 2.61. The van der Waals surface area contributed by atoms with E-state index in [0.717, 1.165) is 0 Å². The molecule has 0 aliphatic carbocycles. The molecule has 2 N–H and O–H groups in total. The van der Waals surface area contributed by atoms with Crippen LogP contribution in [0.1, 0.15) is 0 Å². The van der Waals surface area contributed by atoms with E-state index in [1.54, 1.807) is 0 Å². The fraction of sp³-hybridized carbons (Fsp3) is 0.800. The maximum Gasteiger partial charge on any atom is 0.344 e. The normalized spacial score (nSPS) is 39.9. The third-order valence-electron chi connectivity index (χ3n) is 1.35. The van der Waals surface area contributed by atoms with Crippen LogP contribution < -0.4 is 0 Å². The van der Waals surface area contributed by atoms with Crippen molar-refractivity contribution in [1.29, 1.82) is 0 Å². The Bertz CT molecular complexity index is 149. The van der Waals surface area contributed by atoms with Crippen molar-refractivity contribution >= 4 is 5.97 Å². The molecule has 1 fully saturated rings. The first kappa shape index (κ1) is 7.43. The summed E-state index contributed by atoms with van der Waals surface area (Å²) >= 11 is 0. The molecule has 1 rings (SSSR count). The molecule has 4 nitrogen and oxygen atoms in total. The Morgan fingerprint density at radius 2 is 2.30 bits per heavy atom. The number of carbonyl (C=O) groups excluding carboxylic acids is 1. The van der Waals surface area contributed by atoms with Crippen molar-refractivity contribution in [2.75, 3.05) is 6.61 Å². The van der Waals surface area contributed by atoms with Crippen molar-refractivity contribution in [3.63, 3.8) is 0 Å². The van der Waals surface area contributed by atoms with Crippen LogP contribution in [0, 0.1) is 0 Å². The summed E-state index contributed by atoms with van der Waals surface area (Å²) in [5.74, 6) is -1.11. The molecule has 3 atom stereocenters. The molecule has 10 heavy (non-hydrogen) atoms. The van der Waals surface area contributed by atoms with Crippen LogP contribution in [0.4, 0.5) is 4.39 Å². The van der Waals surface area contributed by atoms with Gasteiger partial charge in [-0.15, -0.1) is 0 Å². The second-order valence-electron chi connectivity index (χ2n) is 2.05. The highest BCUT2D eigenvalue weighted by Gasteiger charge is 2.43. The molecular weight excluding hydrogens is 143 g/mol. The van der Waals surface area contributed by atoms with Gasteiger partial charge < -0.3 is 14.9 Å². The van der Waals surface area contributed by atoms with Crippen LogP contribution in [0.25, 0.3) is 0 Å². The molecule has 0 aromatic rings. The first-order valence-corrected chi connectivity index (χ1v) is 2.80. The molecule has 0 aromatic carbocycles. The molecule has 0 unspecified atom stereocenters. The minimum atomic E-state index is -2.00. The highest BCUT2D eigenvalue weighted by Crippen LogP contribution is 2.17. The van der Waals surface area contributed by atoms with E-state index in [4.69, 9.17) is 10.2 Å². The largest absolute Gasteiger partial charge is 0.455 e. The zero-order chi connectivity index (χ0) is 7.72. The average Bonchev–Trinajstić information content (AvgIpc) is 2.17. The van der Waals surface area contributed by atoms with E-state index < -0.39 is 31.0 Å². The maximum absolute atomic E-state index is 12.3. The van der Waals surface area contributed by atoms with Crippen molar-refractivity contribution in [1.82, 2.24) is 0 Å². The molecule has 5 heteroatoms. The van der Waals surface area contributed by atoms with Gasteiger partial charge in [0.2, 0.25) is 6.17 Å². The molecule has 0 amide bonds. The van der Waals surface area contributed by atoms with E-state index in [1.165, 1.54) is 0 Å². The van der Waals surface area contributed by atoms with Crippen molar-refractivity contribution < 1.29 is 24.1 Å². The molecule has 0 aromatic heterocycles. The Hall–Kier alpha value is -0.680. The van der Waals surface area contributed by atoms with Gasteiger partial charge in [-0.2, -0.15) is 0 Å². The molecule has 1 saturated heterocycles. The number of esters is 1. The van der Waals surface area contributed by atoms with Crippen LogP contribution in [0.3, 0.4) is 0 Å². The van der Waals surface area contributed by atoms with E-state index >= 15 is 0 Å².